The minimum atomic E-state index is -4.43. The Balaban J connectivity index is 1.01. The number of aliphatic hydroxyl groups is 1. The average Bonchev–Trinajstić information content (AvgIpc) is 3.59. The number of aliphatic hydroxyl groups excluding tert-OH is 1. The molecule has 330 valence electrons. The molecule has 6 saturated carbocycles. The van der Waals surface area contributed by atoms with E-state index in [-0.39, 0.29) is 78.6 Å². The molecular weight excluding hydrogens is 861 g/mol. The van der Waals surface area contributed by atoms with Crippen LogP contribution in [0.25, 0.3) is 0 Å². The van der Waals surface area contributed by atoms with Crippen LogP contribution in [-0.4, -0.2) is 123 Å². The molecule has 0 spiro atoms. The van der Waals surface area contributed by atoms with Gasteiger partial charge in [-0.2, -0.15) is 45.7 Å². The van der Waals surface area contributed by atoms with Crippen LogP contribution in [0.15, 0.2) is 25.4 Å². The highest BCUT2D eigenvalue weighted by molar-refractivity contribution is 8.15. The first-order valence-corrected chi connectivity index (χ1v) is 26.5. The van der Waals surface area contributed by atoms with Gasteiger partial charge in [0.1, 0.15) is 16.5 Å². The van der Waals surface area contributed by atoms with Crippen LogP contribution in [0, 0.1) is 35.5 Å². The molecule has 7 aliphatic rings. The molecule has 16 unspecified atom stereocenters. The van der Waals surface area contributed by atoms with Gasteiger partial charge >= 0.3 is 0 Å². The van der Waals surface area contributed by atoms with Crippen LogP contribution >= 0.6 is 23.8 Å². The number of azo groups is 2. The molecule has 24 heteroatoms. The molecule has 0 aromatic rings. The highest BCUT2D eigenvalue weighted by Crippen LogP contribution is 2.49. The Kier molecular flexibility index (Phi) is 14.1. The van der Waals surface area contributed by atoms with Gasteiger partial charge in [0.05, 0.1) is 51.1 Å². The summed E-state index contributed by atoms with van der Waals surface area (Å²) in [6, 6.07) is -2.51. The molecule has 1 aliphatic heterocycles. The summed E-state index contributed by atoms with van der Waals surface area (Å²) < 4.78 is 108. The summed E-state index contributed by atoms with van der Waals surface area (Å²) in [6.07, 6.45) is 6.15. The second-order valence-electron chi connectivity index (χ2n) is 17.7. The van der Waals surface area contributed by atoms with Crippen LogP contribution in [0.5, 0.6) is 0 Å². The van der Waals surface area contributed by atoms with Crippen LogP contribution in [0.4, 0.5) is 0 Å². The molecule has 0 radical (unpaired) electrons. The van der Waals surface area contributed by atoms with Crippen molar-refractivity contribution in [2.24, 2.45) is 66.7 Å². The smallest absolute Gasteiger partial charge is 0.269 e. The quantitative estimate of drug-likeness (QED) is 0.0550. The van der Waals surface area contributed by atoms with Gasteiger partial charge in [-0.3, -0.25) is 18.7 Å². The SMILES string of the molecule is CC1CCC2N=C(C3CCC(N=NC4CCC(N=NC5C(SOOO)CC6CC(S(=O)(=O)O)C(N)CC6C5O)C5CC(S(=O)(=O)O)CCC45)CC3)SC2C1S(=O)(=O)O. The van der Waals surface area contributed by atoms with Crippen molar-refractivity contribution in [3.63, 3.8) is 0 Å². The largest absolute Gasteiger partial charge is 0.390 e. The second-order valence-corrected chi connectivity index (χ2v) is 24.8. The second kappa shape index (κ2) is 18.1. The summed E-state index contributed by atoms with van der Waals surface area (Å²) in [5, 5.41) is 40.4. The number of thioether (sulfide) groups is 1. The van der Waals surface area contributed by atoms with Crippen molar-refractivity contribution in [2.75, 3.05) is 0 Å². The maximum absolute atomic E-state index is 12.4. The fourth-order valence-corrected chi connectivity index (χ4v) is 17.6. The standard InChI is InChI=1S/C34H56N6O13S5/c1-16-2-9-27-32(33(16)58(49,50)51)54-34(36-27)17-3-5-19(6-4-17)37-38-25-10-11-26(23-14-20(56(43,44)45)7-8-21(23)25)39-40-30-28(55-53-52-42)12-18-13-29(57(46,47)48)24(35)15-22(18)31(30)41/h16-33,41-42H,2-15,35H2,1H3,(H,43,44,45)(H,46,47,48)(H,49,50,51). The number of hydrogen-bond donors (Lipinski definition) is 6. The van der Waals surface area contributed by atoms with Gasteiger partial charge in [-0.05, 0) is 119 Å². The summed E-state index contributed by atoms with van der Waals surface area (Å²) in [7, 11) is -12.9. The van der Waals surface area contributed by atoms with E-state index < -0.39 is 81.5 Å². The van der Waals surface area contributed by atoms with E-state index in [2.05, 4.69) is 10.2 Å². The van der Waals surface area contributed by atoms with Gasteiger partial charge < -0.3 is 10.8 Å². The Morgan fingerprint density at radius 1 is 0.759 bits per heavy atom. The lowest BCUT2D eigenvalue weighted by molar-refractivity contribution is -0.432. The van der Waals surface area contributed by atoms with E-state index in [1.54, 1.807) is 0 Å². The summed E-state index contributed by atoms with van der Waals surface area (Å²) in [5.74, 6) is -1.10. The zero-order chi connectivity index (χ0) is 41.7. The summed E-state index contributed by atoms with van der Waals surface area (Å²) in [4.78, 5) is 4.95. The molecule has 19 nitrogen and oxygen atoms in total. The zero-order valence-corrected chi connectivity index (χ0v) is 36.2. The van der Waals surface area contributed by atoms with Crippen molar-refractivity contribution < 1.29 is 58.6 Å². The average molecular weight is 917 g/mol. The van der Waals surface area contributed by atoms with Gasteiger partial charge in [-0.15, -0.1) is 16.1 Å². The number of nitrogens with zero attached hydrogens (tertiary/aromatic N) is 5. The Hall–Kier alpha value is -0.900. The van der Waals surface area contributed by atoms with E-state index in [1.165, 1.54) is 11.8 Å². The van der Waals surface area contributed by atoms with Gasteiger partial charge in [-0.25, -0.2) is 5.26 Å². The number of fused-ring (bicyclic) bond motifs is 3. The lowest BCUT2D eigenvalue weighted by Crippen LogP contribution is -2.57. The highest BCUT2D eigenvalue weighted by atomic mass is 32.2. The molecule has 16 atom stereocenters. The van der Waals surface area contributed by atoms with Crippen molar-refractivity contribution in [1.29, 1.82) is 0 Å². The number of rotatable bonds is 11. The van der Waals surface area contributed by atoms with E-state index in [0.717, 1.165) is 37.1 Å². The Bertz CT molecular complexity index is 1900. The summed E-state index contributed by atoms with van der Waals surface area (Å²) >= 11 is 2.24. The predicted octanol–water partition coefficient (Wildman–Crippen LogP) is 4.40. The maximum atomic E-state index is 12.4. The topological polar surface area (TPSA) is 310 Å². The molecule has 1 heterocycles. The fraction of sp³-hybridized carbons (Fsp3) is 0.971. The maximum Gasteiger partial charge on any atom is 0.269 e. The van der Waals surface area contributed by atoms with E-state index >= 15 is 0 Å². The Labute approximate surface area is 348 Å². The van der Waals surface area contributed by atoms with E-state index in [0.29, 0.717) is 44.1 Å². The summed E-state index contributed by atoms with van der Waals surface area (Å²) in [6.45, 7) is 1.88. The molecule has 6 fully saturated rings. The van der Waals surface area contributed by atoms with Crippen LogP contribution in [0.1, 0.15) is 96.8 Å². The van der Waals surface area contributed by atoms with E-state index in [4.69, 9.17) is 35.7 Å². The molecule has 6 aliphatic carbocycles. The normalized spacial score (nSPS) is 45.4. The predicted molar refractivity (Wildman–Crippen MR) is 215 cm³/mol. The highest BCUT2D eigenvalue weighted by Gasteiger charge is 2.53. The van der Waals surface area contributed by atoms with Gasteiger partial charge in [-0.1, -0.05) is 12.0 Å². The van der Waals surface area contributed by atoms with Crippen molar-refractivity contribution >= 4 is 59.2 Å². The molecule has 0 saturated heterocycles. The van der Waals surface area contributed by atoms with Crippen LogP contribution < -0.4 is 5.73 Å². The third-order valence-electron chi connectivity index (χ3n) is 14.4. The van der Waals surface area contributed by atoms with Gasteiger partial charge in [0.2, 0.25) is 0 Å². The Morgan fingerprint density at radius 3 is 2.10 bits per heavy atom. The first-order chi connectivity index (χ1) is 27.3. The molecule has 0 amide bonds. The number of hydrogen-bond acceptors (Lipinski definition) is 18. The van der Waals surface area contributed by atoms with Crippen molar-refractivity contribution in [2.45, 2.75) is 165 Å². The number of nitrogens with two attached hydrogens (primary N) is 1. The van der Waals surface area contributed by atoms with Crippen molar-refractivity contribution in [3.05, 3.63) is 0 Å². The van der Waals surface area contributed by atoms with Crippen LogP contribution in [0.3, 0.4) is 0 Å². The molecule has 7 N–H and O–H groups in total. The molecule has 0 aromatic carbocycles. The first kappa shape index (κ1) is 45.1. The molecule has 58 heavy (non-hydrogen) atoms. The van der Waals surface area contributed by atoms with Crippen LogP contribution in [-0.2, 0) is 39.7 Å². The van der Waals surface area contributed by atoms with E-state index in [1.807, 2.05) is 6.92 Å². The summed E-state index contributed by atoms with van der Waals surface area (Å²) in [5.41, 5.74) is 6.16. The first-order valence-electron chi connectivity index (χ1n) is 20.3. The zero-order valence-electron chi connectivity index (χ0n) is 32.1. The monoisotopic (exact) mass is 916 g/mol. The lowest BCUT2D eigenvalue weighted by Gasteiger charge is -2.48. The van der Waals surface area contributed by atoms with Gasteiger partial charge in [0, 0.05) is 24.0 Å². The number of aliphatic imine (C=N–C) groups is 1. The van der Waals surface area contributed by atoms with Crippen LogP contribution in [0.2, 0.25) is 0 Å². The van der Waals surface area contributed by atoms with Gasteiger partial charge in [0.25, 0.3) is 30.4 Å². The third-order valence-corrected chi connectivity index (χ3v) is 21.0. The molecule has 0 bridgehead atoms. The molecule has 0 aromatic heterocycles. The minimum Gasteiger partial charge on any atom is -0.390 e. The van der Waals surface area contributed by atoms with Crippen molar-refractivity contribution in [1.82, 2.24) is 0 Å². The van der Waals surface area contributed by atoms with Crippen molar-refractivity contribution in [3.8, 4) is 0 Å². The molecule has 7 rings (SSSR count). The lowest BCUT2D eigenvalue weighted by atomic mass is 9.66. The van der Waals surface area contributed by atoms with E-state index in [9.17, 15) is 44.0 Å². The molecular formula is C34H56N6O13S5. The Morgan fingerprint density at radius 2 is 1.45 bits per heavy atom. The fourth-order valence-electron chi connectivity index (χ4n) is 11.4. The third kappa shape index (κ3) is 9.83. The minimum absolute atomic E-state index is 0.00187. The van der Waals surface area contributed by atoms with Gasteiger partial charge in [0.15, 0.2) is 0 Å².